The Labute approximate surface area is 102 Å². The van der Waals surface area contributed by atoms with Crippen LogP contribution in [0.3, 0.4) is 0 Å². The molecule has 1 saturated carbocycles. The zero-order chi connectivity index (χ0) is 11.9. The summed E-state index contributed by atoms with van der Waals surface area (Å²) >= 11 is 0. The molecule has 0 radical (unpaired) electrons. The third-order valence-electron chi connectivity index (χ3n) is 2.87. The fourth-order valence-corrected chi connectivity index (χ4v) is 1.83. The number of aromatic nitrogens is 2. The van der Waals surface area contributed by atoms with Gasteiger partial charge in [-0.15, -0.1) is 0 Å². The maximum Gasteiger partial charge on any atom is 0.0951 e. The van der Waals surface area contributed by atoms with Crippen molar-refractivity contribution >= 4 is 0 Å². The molecule has 1 fully saturated rings. The Hall–Kier alpha value is -0.910. The first-order valence-corrected chi connectivity index (χ1v) is 6.32. The molecule has 1 aromatic heterocycles. The fourth-order valence-electron chi connectivity index (χ4n) is 1.83. The Morgan fingerprint density at radius 3 is 3.12 bits per heavy atom. The van der Waals surface area contributed by atoms with E-state index in [1.165, 1.54) is 18.5 Å². The zero-order valence-corrected chi connectivity index (χ0v) is 10.1. The lowest BCUT2D eigenvalue weighted by molar-refractivity contribution is 0.0907. The molecular formula is C12H21N3O2. The van der Waals surface area contributed by atoms with Crippen molar-refractivity contribution in [3.05, 3.63) is 18.2 Å². The first-order chi connectivity index (χ1) is 8.42. The molecule has 0 bridgehead atoms. The van der Waals surface area contributed by atoms with Crippen LogP contribution in [0.15, 0.2) is 12.5 Å². The van der Waals surface area contributed by atoms with Crippen molar-refractivity contribution in [3.63, 3.8) is 0 Å². The van der Waals surface area contributed by atoms with E-state index >= 15 is 0 Å². The Morgan fingerprint density at radius 2 is 2.35 bits per heavy atom. The van der Waals surface area contributed by atoms with Crippen molar-refractivity contribution in [1.82, 2.24) is 14.9 Å². The number of nitrogens with one attached hydrogen (secondary N) is 1. The van der Waals surface area contributed by atoms with Crippen molar-refractivity contribution in [2.45, 2.75) is 31.8 Å². The minimum absolute atomic E-state index is 0.105. The zero-order valence-electron chi connectivity index (χ0n) is 10.1. The molecule has 0 spiro atoms. The summed E-state index contributed by atoms with van der Waals surface area (Å²) in [5.74, 6) is 0. The SMILES string of the molecule is OCCOCCCNCc1cncn1C1CC1. The molecule has 2 rings (SSSR count). The average Bonchev–Trinajstić information content (AvgIpc) is 3.08. The van der Waals surface area contributed by atoms with Crippen LogP contribution in [-0.4, -0.2) is 41.0 Å². The van der Waals surface area contributed by atoms with Gasteiger partial charge in [-0.25, -0.2) is 4.98 Å². The number of rotatable bonds is 9. The highest BCUT2D eigenvalue weighted by Crippen LogP contribution is 2.35. The van der Waals surface area contributed by atoms with E-state index in [1.807, 2.05) is 12.5 Å². The van der Waals surface area contributed by atoms with Crippen LogP contribution in [0.5, 0.6) is 0 Å². The summed E-state index contributed by atoms with van der Waals surface area (Å²) in [7, 11) is 0. The van der Waals surface area contributed by atoms with Crippen molar-refractivity contribution in [2.24, 2.45) is 0 Å². The molecule has 0 amide bonds. The molecule has 5 nitrogen and oxygen atoms in total. The lowest BCUT2D eigenvalue weighted by Gasteiger charge is -2.08. The maximum absolute atomic E-state index is 8.53. The van der Waals surface area contributed by atoms with Crippen molar-refractivity contribution in [2.75, 3.05) is 26.4 Å². The standard InChI is InChI=1S/C12H21N3O2/c16-5-7-17-6-1-4-13-8-12-9-14-10-15(12)11-2-3-11/h9-11,13,16H,1-8H2. The summed E-state index contributed by atoms with van der Waals surface area (Å²) < 4.78 is 7.46. The lowest BCUT2D eigenvalue weighted by atomic mass is 10.4. The van der Waals surface area contributed by atoms with Crippen LogP contribution in [-0.2, 0) is 11.3 Å². The number of aliphatic hydroxyl groups excluding tert-OH is 1. The summed E-state index contributed by atoms with van der Waals surface area (Å²) in [5, 5.41) is 11.9. The van der Waals surface area contributed by atoms with E-state index < -0.39 is 0 Å². The number of imidazole rings is 1. The highest BCUT2D eigenvalue weighted by molar-refractivity contribution is 5.03. The molecular weight excluding hydrogens is 218 g/mol. The fraction of sp³-hybridized carbons (Fsp3) is 0.750. The molecule has 0 unspecified atom stereocenters. The van der Waals surface area contributed by atoms with Gasteiger partial charge in [0, 0.05) is 25.4 Å². The van der Waals surface area contributed by atoms with E-state index in [-0.39, 0.29) is 6.61 Å². The van der Waals surface area contributed by atoms with Crippen LogP contribution in [0.1, 0.15) is 31.0 Å². The number of ether oxygens (including phenoxy) is 1. The van der Waals surface area contributed by atoms with E-state index in [2.05, 4.69) is 14.9 Å². The van der Waals surface area contributed by atoms with E-state index in [4.69, 9.17) is 9.84 Å². The first kappa shape index (κ1) is 12.5. The highest BCUT2D eigenvalue weighted by atomic mass is 16.5. The number of hydrogen-bond donors (Lipinski definition) is 2. The molecule has 0 aliphatic heterocycles. The molecule has 0 saturated heterocycles. The monoisotopic (exact) mass is 239 g/mol. The molecule has 96 valence electrons. The Kier molecular flexibility index (Phi) is 4.97. The molecule has 1 aliphatic carbocycles. The van der Waals surface area contributed by atoms with Gasteiger partial charge >= 0.3 is 0 Å². The van der Waals surface area contributed by atoms with Crippen LogP contribution in [0, 0.1) is 0 Å². The minimum atomic E-state index is 0.105. The van der Waals surface area contributed by atoms with Crippen LogP contribution in [0.25, 0.3) is 0 Å². The quantitative estimate of drug-likeness (QED) is 0.623. The third kappa shape index (κ3) is 4.11. The predicted molar refractivity (Wildman–Crippen MR) is 64.7 cm³/mol. The van der Waals surface area contributed by atoms with Gasteiger partial charge in [0.25, 0.3) is 0 Å². The van der Waals surface area contributed by atoms with Crippen molar-refractivity contribution in [3.8, 4) is 0 Å². The minimum Gasteiger partial charge on any atom is -0.394 e. The second-order valence-electron chi connectivity index (χ2n) is 4.39. The smallest absolute Gasteiger partial charge is 0.0951 e. The molecule has 1 heterocycles. The van der Waals surface area contributed by atoms with Gasteiger partial charge < -0.3 is 19.7 Å². The van der Waals surface area contributed by atoms with E-state index in [9.17, 15) is 0 Å². The summed E-state index contributed by atoms with van der Waals surface area (Å²) in [6.45, 7) is 3.05. The largest absolute Gasteiger partial charge is 0.394 e. The molecule has 0 atom stereocenters. The molecule has 1 aliphatic rings. The summed E-state index contributed by atoms with van der Waals surface area (Å²) in [5.41, 5.74) is 1.27. The van der Waals surface area contributed by atoms with Gasteiger partial charge in [-0.3, -0.25) is 0 Å². The molecule has 2 N–H and O–H groups in total. The second-order valence-corrected chi connectivity index (χ2v) is 4.39. The van der Waals surface area contributed by atoms with Crippen LogP contribution in [0.2, 0.25) is 0 Å². The average molecular weight is 239 g/mol. The number of aliphatic hydroxyl groups is 1. The summed E-state index contributed by atoms with van der Waals surface area (Å²) in [6.07, 6.45) is 7.42. The maximum atomic E-state index is 8.53. The Bertz CT molecular complexity index is 323. The Balaban J connectivity index is 1.56. The van der Waals surface area contributed by atoms with E-state index in [1.54, 1.807) is 0 Å². The van der Waals surface area contributed by atoms with Gasteiger partial charge in [-0.2, -0.15) is 0 Å². The van der Waals surface area contributed by atoms with Gasteiger partial charge in [0.2, 0.25) is 0 Å². The third-order valence-corrected chi connectivity index (χ3v) is 2.87. The van der Waals surface area contributed by atoms with Crippen LogP contribution >= 0.6 is 0 Å². The van der Waals surface area contributed by atoms with Gasteiger partial charge in [-0.1, -0.05) is 0 Å². The van der Waals surface area contributed by atoms with Crippen LogP contribution in [0.4, 0.5) is 0 Å². The summed E-state index contributed by atoms with van der Waals surface area (Å²) in [4.78, 5) is 4.19. The summed E-state index contributed by atoms with van der Waals surface area (Å²) in [6, 6.07) is 0.696. The number of hydrogen-bond acceptors (Lipinski definition) is 4. The Morgan fingerprint density at radius 1 is 1.47 bits per heavy atom. The molecule has 5 heteroatoms. The second kappa shape index (κ2) is 6.74. The molecule has 0 aromatic carbocycles. The van der Waals surface area contributed by atoms with E-state index in [0.29, 0.717) is 19.3 Å². The van der Waals surface area contributed by atoms with Gasteiger partial charge in [0.15, 0.2) is 0 Å². The van der Waals surface area contributed by atoms with Gasteiger partial charge in [0.05, 0.1) is 25.2 Å². The van der Waals surface area contributed by atoms with Gasteiger partial charge in [0.1, 0.15) is 0 Å². The number of nitrogens with zero attached hydrogens (tertiary/aromatic N) is 2. The predicted octanol–water partition coefficient (Wildman–Crippen LogP) is 0.707. The van der Waals surface area contributed by atoms with Gasteiger partial charge in [-0.05, 0) is 25.8 Å². The lowest BCUT2D eigenvalue weighted by Crippen LogP contribution is -2.18. The topological polar surface area (TPSA) is 59.3 Å². The highest BCUT2D eigenvalue weighted by Gasteiger charge is 2.24. The first-order valence-electron chi connectivity index (χ1n) is 6.32. The van der Waals surface area contributed by atoms with Crippen molar-refractivity contribution < 1.29 is 9.84 Å². The van der Waals surface area contributed by atoms with E-state index in [0.717, 1.165) is 19.5 Å². The molecule has 1 aromatic rings. The van der Waals surface area contributed by atoms with Crippen LogP contribution < -0.4 is 5.32 Å². The normalized spacial score (nSPS) is 15.4. The molecule has 17 heavy (non-hydrogen) atoms. The van der Waals surface area contributed by atoms with Crippen molar-refractivity contribution in [1.29, 1.82) is 0 Å².